The van der Waals surface area contributed by atoms with Crippen LogP contribution in [0, 0.1) is 0 Å². The van der Waals surface area contributed by atoms with Crippen molar-refractivity contribution in [2.24, 2.45) is 0 Å². The molecule has 0 radical (unpaired) electrons. The first-order chi connectivity index (χ1) is 8.94. The zero-order valence-corrected chi connectivity index (χ0v) is 10.6. The number of halogens is 3. The molecule has 0 aliphatic carbocycles. The van der Waals surface area contributed by atoms with Gasteiger partial charge in [0.25, 0.3) is 0 Å². The van der Waals surface area contributed by atoms with Crippen molar-refractivity contribution in [3.05, 3.63) is 0 Å². The molecule has 1 N–H and O–H groups in total. The third-order valence-electron chi connectivity index (χ3n) is 1.82. The molecule has 1 aromatic heterocycles. The lowest BCUT2D eigenvalue weighted by Gasteiger charge is -2.09. The number of alkyl halides is 3. The van der Waals surface area contributed by atoms with Gasteiger partial charge in [-0.15, -0.1) is 4.98 Å². The summed E-state index contributed by atoms with van der Waals surface area (Å²) in [5.41, 5.74) is 0. The van der Waals surface area contributed by atoms with E-state index in [2.05, 4.69) is 20.3 Å². The molecule has 1 aromatic rings. The Kier molecular flexibility index (Phi) is 5.58. The minimum Gasteiger partial charge on any atom is -0.464 e. The second kappa shape index (κ2) is 6.95. The average molecular weight is 280 g/mol. The monoisotopic (exact) mass is 280 g/mol. The highest BCUT2D eigenvalue weighted by Gasteiger charge is 2.27. The molecule has 0 atom stereocenters. The number of ether oxygens (including phenoxy) is 2. The van der Waals surface area contributed by atoms with Gasteiger partial charge in [0.15, 0.2) is 0 Å². The molecule has 19 heavy (non-hydrogen) atoms. The topological polar surface area (TPSA) is 69.2 Å². The van der Waals surface area contributed by atoms with E-state index < -0.39 is 19.2 Å². The van der Waals surface area contributed by atoms with E-state index in [4.69, 9.17) is 9.47 Å². The Labute approximate surface area is 108 Å². The molecule has 1 heterocycles. The number of hydrogen-bond acceptors (Lipinski definition) is 6. The Morgan fingerprint density at radius 1 is 1.05 bits per heavy atom. The third kappa shape index (κ3) is 6.07. The summed E-state index contributed by atoms with van der Waals surface area (Å²) in [6.07, 6.45) is -5.35. The number of nitrogens with one attached hydrogen (secondary N) is 1. The smallest absolute Gasteiger partial charge is 0.392 e. The molecule has 0 unspecified atom stereocenters. The molecule has 0 fully saturated rings. The molecule has 1 rings (SSSR count). The molecular formula is C10H15F3N4O2. The van der Waals surface area contributed by atoms with Gasteiger partial charge in [0, 0.05) is 6.54 Å². The average Bonchev–Trinajstić information content (AvgIpc) is 2.28. The predicted octanol–water partition coefficient (Wildman–Crippen LogP) is 2.03. The third-order valence-corrected chi connectivity index (χ3v) is 1.82. The van der Waals surface area contributed by atoms with Gasteiger partial charge in [-0.05, 0) is 13.8 Å². The second-order valence-electron chi connectivity index (χ2n) is 3.40. The maximum Gasteiger partial charge on any atom is 0.392 e. The SMILES string of the molecule is CCNc1nc(OCC)nc(OCCC(F)(F)F)n1. The summed E-state index contributed by atoms with van der Waals surface area (Å²) >= 11 is 0. The summed E-state index contributed by atoms with van der Waals surface area (Å²) in [5.74, 6) is 0.197. The maximum atomic E-state index is 12.0. The second-order valence-corrected chi connectivity index (χ2v) is 3.40. The van der Waals surface area contributed by atoms with Gasteiger partial charge < -0.3 is 14.8 Å². The fourth-order valence-electron chi connectivity index (χ4n) is 1.09. The Bertz CT molecular complexity index is 377. The lowest BCUT2D eigenvalue weighted by molar-refractivity contribution is -0.139. The highest BCUT2D eigenvalue weighted by atomic mass is 19.4. The van der Waals surface area contributed by atoms with Crippen LogP contribution in [-0.2, 0) is 0 Å². The van der Waals surface area contributed by atoms with Crippen LogP contribution >= 0.6 is 0 Å². The van der Waals surface area contributed by atoms with E-state index in [9.17, 15) is 13.2 Å². The Morgan fingerprint density at radius 2 is 1.68 bits per heavy atom. The van der Waals surface area contributed by atoms with E-state index in [1.807, 2.05) is 6.92 Å². The maximum absolute atomic E-state index is 12.0. The van der Waals surface area contributed by atoms with Crippen LogP contribution in [0.2, 0.25) is 0 Å². The van der Waals surface area contributed by atoms with Crippen LogP contribution in [0.3, 0.4) is 0 Å². The van der Waals surface area contributed by atoms with Crippen LogP contribution in [0.4, 0.5) is 19.1 Å². The molecule has 6 nitrogen and oxygen atoms in total. The first-order valence-corrected chi connectivity index (χ1v) is 5.77. The van der Waals surface area contributed by atoms with Crippen LogP contribution in [0.1, 0.15) is 20.3 Å². The number of nitrogens with zero attached hydrogens (tertiary/aromatic N) is 3. The van der Waals surface area contributed by atoms with Crippen molar-refractivity contribution in [2.75, 3.05) is 25.1 Å². The van der Waals surface area contributed by atoms with Crippen molar-refractivity contribution in [3.63, 3.8) is 0 Å². The zero-order valence-electron chi connectivity index (χ0n) is 10.6. The van der Waals surface area contributed by atoms with E-state index in [0.717, 1.165) is 0 Å². The quantitative estimate of drug-likeness (QED) is 0.824. The molecule has 0 spiro atoms. The van der Waals surface area contributed by atoms with Crippen molar-refractivity contribution in [2.45, 2.75) is 26.4 Å². The van der Waals surface area contributed by atoms with E-state index >= 15 is 0 Å². The molecular weight excluding hydrogens is 265 g/mol. The van der Waals surface area contributed by atoms with Crippen molar-refractivity contribution in [1.29, 1.82) is 0 Å². The fraction of sp³-hybridized carbons (Fsp3) is 0.700. The number of anilines is 1. The Balaban J connectivity index is 2.69. The van der Waals surface area contributed by atoms with Gasteiger partial charge >= 0.3 is 18.2 Å². The summed E-state index contributed by atoms with van der Waals surface area (Å²) in [4.78, 5) is 11.5. The molecule has 108 valence electrons. The highest BCUT2D eigenvalue weighted by molar-refractivity contribution is 5.27. The molecule has 0 bridgehead atoms. The molecule has 0 saturated heterocycles. The lowest BCUT2D eigenvalue weighted by Crippen LogP contribution is -2.15. The lowest BCUT2D eigenvalue weighted by atomic mass is 10.4. The molecule has 0 amide bonds. The molecule has 0 aliphatic heterocycles. The predicted molar refractivity (Wildman–Crippen MR) is 61.3 cm³/mol. The van der Waals surface area contributed by atoms with Crippen LogP contribution < -0.4 is 14.8 Å². The van der Waals surface area contributed by atoms with E-state index in [-0.39, 0.29) is 18.0 Å². The Hall–Kier alpha value is -1.80. The van der Waals surface area contributed by atoms with Crippen molar-refractivity contribution < 1.29 is 22.6 Å². The van der Waals surface area contributed by atoms with Gasteiger partial charge in [-0.2, -0.15) is 23.1 Å². The zero-order chi connectivity index (χ0) is 14.3. The van der Waals surface area contributed by atoms with Crippen LogP contribution in [0.5, 0.6) is 12.0 Å². The largest absolute Gasteiger partial charge is 0.464 e. The highest BCUT2D eigenvalue weighted by Crippen LogP contribution is 2.20. The van der Waals surface area contributed by atoms with Crippen molar-refractivity contribution in [1.82, 2.24) is 15.0 Å². The van der Waals surface area contributed by atoms with E-state index in [1.54, 1.807) is 6.92 Å². The number of hydrogen-bond donors (Lipinski definition) is 1. The van der Waals surface area contributed by atoms with Gasteiger partial charge in [-0.25, -0.2) is 0 Å². The normalized spacial score (nSPS) is 11.2. The van der Waals surface area contributed by atoms with E-state index in [1.165, 1.54) is 0 Å². The van der Waals surface area contributed by atoms with Crippen LogP contribution in [0.25, 0.3) is 0 Å². The fourth-order valence-corrected chi connectivity index (χ4v) is 1.09. The van der Waals surface area contributed by atoms with Gasteiger partial charge in [0.05, 0.1) is 13.0 Å². The minimum absolute atomic E-state index is 0.00968. The van der Waals surface area contributed by atoms with Gasteiger partial charge in [0.2, 0.25) is 5.95 Å². The first kappa shape index (κ1) is 15.3. The molecule has 9 heteroatoms. The first-order valence-electron chi connectivity index (χ1n) is 5.77. The van der Waals surface area contributed by atoms with Gasteiger partial charge in [-0.1, -0.05) is 0 Å². The number of aromatic nitrogens is 3. The molecule has 0 aromatic carbocycles. The standard InChI is InChI=1S/C10H15F3N4O2/c1-3-14-7-15-8(18-4-2)17-9(16-7)19-6-5-10(11,12)13/h3-6H2,1-2H3,(H,14,15,16,17). The van der Waals surface area contributed by atoms with Gasteiger partial charge in [0.1, 0.15) is 6.61 Å². The molecule has 0 saturated carbocycles. The molecule has 0 aliphatic rings. The Morgan fingerprint density at radius 3 is 2.21 bits per heavy atom. The van der Waals surface area contributed by atoms with Crippen LogP contribution in [-0.4, -0.2) is 40.9 Å². The summed E-state index contributed by atoms with van der Waals surface area (Å²) < 4.78 is 45.9. The van der Waals surface area contributed by atoms with Gasteiger partial charge in [-0.3, -0.25) is 0 Å². The summed E-state index contributed by atoms with van der Waals surface area (Å²) in [6.45, 7) is 3.90. The van der Waals surface area contributed by atoms with Crippen molar-refractivity contribution >= 4 is 5.95 Å². The van der Waals surface area contributed by atoms with Crippen LogP contribution in [0.15, 0.2) is 0 Å². The minimum atomic E-state index is -4.28. The number of rotatable bonds is 7. The summed E-state index contributed by atoms with van der Waals surface area (Å²) in [6, 6.07) is -0.186. The summed E-state index contributed by atoms with van der Waals surface area (Å²) in [5, 5.41) is 2.81. The summed E-state index contributed by atoms with van der Waals surface area (Å²) in [7, 11) is 0. The van der Waals surface area contributed by atoms with E-state index in [0.29, 0.717) is 13.2 Å². The van der Waals surface area contributed by atoms with Crippen molar-refractivity contribution in [3.8, 4) is 12.0 Å².